The van der Waals surface area contributed by atoms with Gasteiger partial charge in [-0.25, -0.2) is 0 Å². The molecule has 0 amide bonds. The summed E-state index contributed by atoms with van der Waals surface area (Å²) in [6.45, 7) is 7.25. The molecular formula is C12H18O2. The van der Waals surface area contributed by atoms with E-state index in [9.17, 15) is 0 Å². The molecule has 0 spiro atoms. The molecule has 0 aliphatic carbocycles. The predicted octanol–water partition coefficient (Wildman–Crippen LogP) is 3.11. The standard InChI is InChI=1S/C10H12O2.C2H6/c1-8-11-6-9-4-2-3-5-10(9)7-12-8;1-2/h2-5,8H,6-7H2,1H3;1-2H3. The smallest absolute Gasteiger partial charge is 0.155 e. The van der Waals surface area contributed by atoms with Gasteiger partial charge in [0.25, 0.3) is 0 Å². The van der Waals surface area contributed by atoms with E-state index in [1.165, 1.54) is 11.1 Å². The maximum absolute atomic E-state index is 5.41. The van der Waals surface area contributed by atoms with E-state index < -0.39 is 0 Å². The second kappa shape index (κ2) is 5.78. The monoisotopic (exact) mass is 194 g/mol. The van der Waals surface area contributed by atoms with Gasteiger partial charge in [0.15, 0.2) is 6.29 Å². The van der Waals surface area contributed by atoms with Gasteiger partial charge >= 0.3 is 0 Å². The summed E-state index contributed by atoms with van der Waals surface area (Å²) in [7, 11) is 0. The Morgan fingerprint density at radius 2 is 1.43 bits per heavy atom. The zero-order valence-corrected chi connectivity index (χ0v) is 9.12. The molecule has 0 bridgehead atoms. The number of hydrogen-bond acceptors (Lipinski definition) is 2. The first-order valence-corrected chi connectivity index (χ1v) is 5.16. The molecule has 0 radical (unpaired) electrons. The van der Waals surface area contributed by atoms with E-state index in [4.69, 9.17) is 9.47 Å². The van der Waals surface area contributed by atoms with Crippen molar-refractivity contribution in [1.82, 2.24) is 0 Å². The summed E-state index contributed by atoms with van der Waals surface area (Å²) < 4.78 is 10.8. The first-order chi connectivity index (χ1) is 6.86. The fraction of sp³-hybridized carbons (Fsp3) is 0.500. The third kappa shape index (κ3) is 2.82. The van der Waals surface area contributed by atoms with Gasteiger partial charge in [0.2, 0.25) is 0 Å². The number of ether oxygens (including phenoxy) is 2. The quantitative estimate of drug-likeness (QED) is 0.631. The van der Waals surface area contributed by atoms with E-state index in [0.717, 1.165) is 0 Å². The van der Waals surface area contributed by atoms with Crippen LogP contribution in [0.5, 0.6) is 0 Å². The SMILES string of the molecule is CC.CC1OCc2ccccc2CO1. The lowest BCUT2D eigenvalue weighted by atomic mass is 10.1. The van der Waals surface area contributed by atoms with Crippen LogP contribution in [0.25, 0.3) is 0 Å². The predicted molar refractivity (Wildman–Crippen MR) is 56.8 cm³/mol. The topological polar surface area (TPSA) is 18.5 Å². The van der Waals surface area contributed by atoms with Crippen molar-refractivity contribution in [3.05, 3.63) is 35.4 Å². The second-order valence-electron chi connectivity index (χ2n) is 2.96. The van der Waals surface area contributed by atoms with Crippen molar-refractivity contribution in [3.63, 3.8) is 0 Å². The maximum Gasteiger partial charge on any atom is 0.155 e. The summed E-state index contributed by atoms with van der Waals surface area (Å²) in [5.74, 6) is 0. The molecule has 2 nitrogen and oxygen atoms in total. The average Bonchev–Trinajstić information content (AvgIpc) is 2.45. The molecule has 1 aromatic carbocycles. The molecule has 2 heteroatoms. The molecule has 14 heavy (non-hydrogen) atoms. The third-order valence-corrected chi connectivity index (χ3v) is 2.07. The average molecular weight is 194 g/mol. The van der Waals surface area contributed by atoms with Gasteiger partial charge < -0.3 is 9.47 Å². The molecule has 0 fully saturated rings. The summed E-state index contributed by atoms with van der Waals surface area (Å²) in [6, 6.07) is 8.21. The summed E-state index contributed by atoms with van der Waals surface area (Å²) >= 11 is 0. The van der Waals surface area contributed by atoms with Crippen LogP contribution < -0.4 is 0 Å². The summed E-state index contributed by atoms with van der Waals surface area (Å²) in [6.07, 6.45) is -0.0857. The first-order valence-electron chi connectivity index (χ1n) is 5.16. The number of rotatable bonds is 0. The summed E-state index contributed by atoms with van der Waals surface area (Å²) in [4.78, 5) is 0. The molecule has 0 unspecified atom stereocenters. The van der Waals surface area contributed by atoms with Gasteiger partial charge in [0.1, 0.15) is 0 Å². The largest absolute Gasteiger partial charge is 0.348 e. The highest BCUT2D eigenvalue weighted by Crippen LogP contribution is 2.17. The molecule has 0 saturated carbocycles. The van der Waals surface area contributed by atoms with Crippen molar-refractivity contribution in [3.8, 4) is 0 Å². The highest BCUT2D eigenvalue weighted by atomic mass is 16.7. The molecular weight excluding hydrogens is 176 g/mol. The van der Waals surface area contributed by atoms with E-state index in [1.54, 1.807) is 0 Å². The zero-order valence-electron chi connectivity index (χ0n) is 9.12. The fourth-order valence-corrected chi connectivity index (χ4v) is 1.30. The van der Waals surface area contributed by atoms with Crippen LogP contribution in [-0.2, 0) is 22.7 Å². The molecule has 0 N–H and O–H groups in total. The van der Waals surface area contributed by atoms with Crippen LogP contribution in [0.3, 0.4) is 0 Å². The Labute approximate surface area is 85.8 Å². The molecule has 1 aliphatic heterocycles. The molecule has 2 rings (SSSR count). The molecule has 0 aromatic heterocycles. The van der Waals surface area contributed by atoms with Gasteiger partial charge in [-0.15, -0.1) is 0 Å². The minimum atomic E-state index is -0.0857. The second-order valence-corrected chi connectivity index (χ2v) is 2.96. The van der Waals surface area contributed by atoms with E-state index in [2.05, 4.69) is 12.1 Å². The van der Waals surface area contributed by atoms with E-state index in [1.807, 2.05) is 32.9 Å². The van der Waals surface area contributed by atoms with Crippen LogP contribution in [0.1, 0.15) is 31.9 Å². The minimum Gasteiger partial charge on any atom is -0.348 e. The van der Waals surface area contributed by atoms with E-state index in [0.29, 0.717) is 13.2 Å². The van der Waals surface area contributed by atoms with Gasteiger partial charge in [-0.1, -0.05) is 38.1 Å². The third-order valence-electron chi connectivity index (χ3n) is 2.07. The summed E-state index contributed by atoms with van der Waals surface area (Å²) in [5, 5.41) is 0. The van der Waals surface area contributed by atoms with Crippen LogP contribution in [0.2, 0.25) is 0 Å². The van der Waals surface area contributed by atoms with Gasteiger partial charge in [-0.05, 0) is 18.1 Å². The van der Waals surface area contributed by atoms with Crippen LogP contribution >= 0.6 is 0 Å². The first kappa shape index (κ1) is 11.2. The Kier molecular flexibility index (Phi) is 4.63. The van der Waals surface area contributed by atoms with Crippen molar-refractivity contribution < 1.29 is 9.47 Å². The van der Waals surface area contributed by atoms with Crippen molar-refractivity contribution in [2.75, 3.05) is 0 Å². The Balaban J connectivity index is 0.000000461. The van der Waals surface area contributed by atoms with E-state index in [-0.39, 0.29) is 6.29 Å². The lowest BCUT2D eigenvalue weighted by Gasteiger charge is -2.07. The van der Waals surface area contributed by atoms with Crippen LogP contribution in [0.4, 0.5) is 0 Å². The minimum absolute atomic E-state index is 0.0857. The Morgan fingerprint density at radius 3 is 1.86 bits per heavy atom. The number of fused-ring (bicyclic) bond motifs is 1. The van der Waals surface area contributed by atoms with Crippen LogP contribution in [-0.4, -0.2) is 6.29 Å². The van der Waals surface area contributed by atoms with Gasteiger partial charge in [-0.3, -0.25) is 0 Å². The van der Waals surface area contributed by atoms with Crippen LogP contribution in [0, 0.1) is 0 Å². The van der Waals surface area contributed by atoms with Crippen molar-refractivity contribution >= 4 is 0 Å². The Morgan fingerprint density at radius 1 is 1.00 bits per heavy atom. The molecule has 0 saturated heterocycles. The maximum atomic E-state index is 5.41. The summed E-state index contributed by atoms with van der Waals surface area (Å²) in [5.41, 5.74) is 2.48. The molecule has 78 valence electrons. The highest BCUT2D eigenvalue weighted by Gasteiger charge is 2.11. The lowest BCUT2D eigenvalue weighted by molar-refractivity contribution is -0.136. The molecule has 1 aliphatic rings. The highest BCUT2D eigenvalue weighted by molar-refractivity contribution is 5.26. The van der Waals surface area contributed by atoms with Crippen molar-refractivity contribution in [2.45, 2.75) is 40.3 Å². The number of benzene rings is 1. The van der Waals surface area contributed by atoms with E-state index >= 15 is 0 Å². The Hall–Kier alpha value is -0.860. The Bertz CT molecular complexity index is 244. The van der Waals surface area contributed by atoms with Gasteiger partial charge in [0.05, 0.1) is 13.2 Å². The van der Waals surface area contributed by atoms with Crippen molar-refractivity contribution in [2.24, 2.45) is 0 Å². The van der Waals surface area contributed by atoms with Gasteiger partial charge in [0, 0.05) is 0 Å². The molecule has 1 heterocycles. The van der Waals surface area contributed by atoms with Gasteiger partial charge in [-0.2, -0.15) is 0 Å². The zero-order chi connectivity index (χ0) is 10.4. The normalized spacial score (nSPS) is 16.2. The van der Waals surface area contributed by atoms with Crippen molar-refractivity contribution in [1.29, 1.82) is 0 Å². The fourth-order valence-electron chi connectivity index (χ4n) is 1.30. The molecule has 0 atom stereocenters. The van der Waals surface area contributed by atoms with Crippen LogP contribution in [0.15, 0.2) is 24.3 Å². The lowest BCUT2D eigenvalue weighted by Crippen LogP contribution is -2.08. The number of hydrogen-bond donors (Lipinski definition) is 0. The molecule has 1 aromatic rings.